The Hall–Kier alpha value is -4.86. The molecule has 2 N–H and O–H groups in total. The van der Waals surface area contributed by atoms with Crippen molar-refractivity contribution in [1.29, 1.82) is 0 Å². The number of rotatable bonds is 9. The van der Waals surface area contributed by atoms with Crippen LogP contribution in [0.15, 0.2) is 78.9 Å². The van der Waals surface area contributed by atoms with Gasteiger partial charge in [0.25, 0.3) is 0 Å². The molecule has 3 amide bonds. The number of halogens is 1. The summed E-state index contributed by atoms with van der Waals surface area (Å²) in [5.41, 5.74) is -2.71. The van der Waals surface area contributed by atoms with Crippen LogP contribution in [-0.4, -0.2) is 84.3 Å². The fourth-order valence-electron chi connectivity index (χ4n) is 6.27. The van der Waals surface area contributed by atoms with E-state index in [4.69, 9.17) is 14.2 Å². The molecule has 272 valence electrons. The molecule has 3 unspecified atom stereocenters. The monoisotopic (exact) mass is 724 g/mol. The van der Waals surface area contributed by atoms with Crippen LogP contribution in [0, 0.1) is 5.82 Å². The van der Waals surface area contributed by atoms with Crippen molar-refractivity contribution >= 4 is 39.6 Å². The van der Waals surface area contributed by atoms with Crippen LogP contribution in [0.3, 0.4) is 0 Å². The van der Waals surface area contributed by atoms with E-state index in [1.807, 2.05) is 18.2 Å². The summed E-state index contributed by atoms with van der Waals surface area (Å²) in [6.07, 6.45) is -0.667. The average molecular weight is 725 g/mol. The SMILES string of the molecule is CC(=O)N1C(c2ccccc2F)C(S(=O)(=O)N2CCOCC2)CC1(NC(=O)Nc1cccc(C(=O)OCc2ccccc2)c1)C(=O)OC(C)(C)C. The Labute approximate surface area is 296 Å². The molecule has 0 aromatic heterocycles. The van der Waals surface area contributed by atoms with Crippen LogP contribution in [-0.2, 0) is 40.4 Å². The smallest absolute Gasteiger partial charge is 0.353 e. The third-order valence-corrected chi connectivity index (χ3v) is 10.7. The minimum atomic E-state index is -4.36. The van der Waals surface area contributed by atoms with Crippen molar-refractivity contribution in [3.63, 3.8) is 0 Å². The van der Waals surface area contributed by atoms with Crippen molar-refractivity contribution in [2.24, 2.45) is 0 Å². The Morgan fingerprint density at radius 2 is 1.63 bits per heavy atom. The van der Waals surface area contributed by atoms with Crippen LogP contribution in [0.25, 0.3) is 0 Å². The summed E-state index contributed by atoms with van der Waals surface area (Å²) in [7, 11) is -4.36. The van der Waals surface area contributed by atoms with Crippen molar-refractivity contribution in [2.75, 3.05) is 31.6 Å². The number of ether oxygens (including phenoxy) is 3. The first-order valence-corrected chi connectivity index (χ1v) is 17.9. The van der Waals surface area contributed by atoms with Gasteiger partial charge in [0.05, 0.1) is 24.8 Å². The van der Waals surface area contributed by atoms with E-state index >= 15 is 4.39 Å². The van der Waals surface area contributed by atoms with E-state index in [1.165, 1.54) is 46.8 Å². The van der Waals surface area contributed by atoms with Crippen molar-refractivity contribution in [3.05, 3.63) is 101 Å². The van der Waals surface area contributed by atoms with E-state index in [2.05, 4.69) is 10.6 Å². The van der Waals surface area contributed by atoms with Gasteiger partial charge < -0.3 is 29.7 Å². The van der Waals surface area contributed by atoms with Crippen LogP contribution in [0.1, 0.15) is 61.6 Å². The summed E-state index contributed by atoms with van der Waals surface area (Å²) >= 11 is 0. The van der Waals surface area contributed by atoms with Gasteiger partial charge in [-0.25, -0.2) is 27.2 Å². The molecule has 0 aliphatic carbocycles. The molecule has 0 saturated carbocycles. The first-order chi connectivity index (χ1) is 24.1. The van der Waals surface area contributed by atoms with Crippen molar-refractivity contribution in [2.45, 2.75) is 63.3 Å². The minimum Gasteiger partial charge on any atom is -0.457 e. The highest BCUT2D eigenvalue weighted by Crippen LogP contribution is 2.47. The van der Waals surface area contributed by atoms with Crippen molar-refractivity contribution < 1.29 is 46.2 Å². The van der Waals surface area contributed by atoms with Gasteiger partial charge in [-0.1, -0.05) is 54.6 Å². The number of esters is 2. The normalized spacial score (nSPS) is 21.1. The molecular weight excluding hydrogens is 683 g/mol. The zero-order valence-electron chi connectivity index (χ0n) is 28.8. The van der Waals surface area contributed by atoms with Crippen LogP contribution in [0.5, 0.6) is 0 Å². The van der Waals surface area contributed by atoms with Gasteiger partial charge in [0.15, 0.2) is 0 Å². The lowest BCUT2D eigenvalue weighted by Gasteiger charge is -2.40. The first-order valence-electron chi connectivity index (χ1n) is 16.4. The largest absolute Gasteiger partial charge is 0.457 e. The van der Waals surface area contributed by atoms with Crippen LogP contribution in [0.2, 0.25) is 0 Å². The number of carbonyl (C=O) groups is 4. The van der Waals surface area contributed by atoms with Gasteiger partial charge in [-0.3, -0.25) is 4.79 Å². The molecule has 3 aromatic rings. The first kappa shape index (κ1) is 37.4. The molecule has 0 radical (unpaired) electrons. The molecule has 2 aliphatic rings. The molecule has 2 fully saturated rings. The molecule has 51 heavy (non-hydrogen) atoms. The number of urea groups is 1. The molecule has 0 spiro atoms. The van der Waals surface area contributed by atoms with E-state index in [0.29, 0.717) is 0 Å². The Morgan fingerprint density at radius 1 is 0.961 bits per heavy atom. The number of hydrogen-bond acceptors (Lipinski definition) is 9. The third-order valence-electron chi connectivity index (χ3n) is 8.44. The molecule has 0 bridgehead atoms. The Bertz CT molecular complexity index is 1880. The van der Waals surface area contributed by atoms with Gasteiger partial charge in [0, 0.05) is 37.7 Å². The summed E-state index contributed by atoms with van der Waals surface area (Å²) in [5, 5.41) is 3.53. The van der Waals surface area contributed by atoms with Gasteiger partial charge >= 0.3 is 18.0 Å². The molecule has 2 heterocycles. The zero-order chi connectivity index (χ0) is 37.0. The van der Waals surface area contributed by atoms with E-state index in [-0.39, 0.29) is 49.7 Å². The summed E-state index contributed by atoms with van der Waals surface area (Å²) in [4.78, 5) is 55.5. The predicted molar refractivity (Wildman–Crippen MR) is 184 cm³/mol. The quantitative estimate of drug-likeness (QED) is 0.306. The van der Waals surface area contributed by atoms with E-state index in [9.17, 15) is 27.6 Å². The Morgan fingerprint density at radius 3 is 2.27 bits per heavy atom. The molecule has 2 aliphatic heterocycles. The summed E-state index contributed by atoms with van der Waals surface area (Å²) in [6.45, 7) is 6.07. The van der Waals surface area contributed by atoms with Gasteiger partial charge in [0.1, 0.15) is 23.3 Å². The maximum atomic E-state index is 15.6. The fraction of sp³-hybridized carbons (Fsp3) is 0.389. The number of benzene rings is 3. The number of anilines is 1. The number of amides is 3. The number of nitrogens with zero attached hydrogens (tertiary/aromatic N) is 2. The number of sulfonamides is 1. The molecule has 5 rings (SSSR count). The number of likely N-dealkylation sites (tertiary alicyclic amines) is 1. The Balaban J connectivity index is 1.52. The highest BCUT2D eigenvalue weighted by atomic mass is 32.2. The number of morpholine rings is 1. The second-order valence-corrected chi connectivity index (χ2v) is 15.4. The van der Waals surface area contributed by atoms with Gasteiger partial charge in [-0.15, -0.1) is 0 Å². The highest BCUT2D eigenvalue weighted by Gasteiger charge is 2.64. The Kier molecular flexibility index (Phi) is 11.1. The lowest BCUT2D eigenvalue weighted by molar-refractivity contribution is -0.174. The number of carbonyl (C=O) groups excluding carboxylic acids is 4. The van der Waals surface area contributed by atoms with Crippen molar-refractivity contribution in [3.8, 4) is 0 Å². The number of hydrogen-bond donors (Lipinski definition) is 2. The number of nitrogens with one attached hydrogen (secondary N) is 2. The average Bonchev–Trinajstić information content (AvgIpc) is 3.44. The molecule has 2 saturated heterocycles. The highest BCUT2D eigenvalue weighted by molar-refractivity contribution is 7.89. The maximum Gasteiger partial charge on any atom is 0.353 e. The van der Waals surface area contributed by atoms with Gasteiger partial charge in [0.2, 0.25) is 21.6 Å². The molecular formula is C36H41FN4O9S. The van der Waals surface area contributed by atoms with Crippen LogP contribution >= 0.6 is 0 Å². The molecule has 13 nitrogen and oxygen atoms in total. The predicted octanol–water partition coefficient (Wildman–Crippen LogP) is 4.37. The van der Waals surface area contributed by atoms with E-state index in [1.54, 1.807) is 32.9 Å². The summed E-state index contributed by atoms with van der Waals surface area (Å²) in [6, 6.07) is 17.7. The lowest BCUT2D eigenvalue weighted by atomic mass is 10.0. The van der Waals surface area contributed by atoms with E-state index < -0.39 is 68.7 Å². The second kappa shape index (κ2) is 15.2. The zero-order valence-corrected chi connectivity index (χ0v) is 29.6. The van der Waals surface area contributed by atoms with Crippen LogP contribution < -0.4 is 10.6 Å². The lowest BCUT2D eigenvalue weighted by Crippen LogP contribution is -2.65. The van der Waals surface area contributed by atoms with Crippen molar-refractivity contribution in [1.82, 2.24) is 14.5 Å². The third kappa shape index (κ3) is 8.38. The molecule has 3 aromatic carbocycles. The van der Waals surface area contributed by atoms with Gasteiger partial charge in [-0.05, 0) is 50.6 Å². The standard InChI is InChI=1S/C36H41FN4O9S/c1-24(42)41-31(28-15-8-9-16-29(28)37)30(51(46,47)40-17-19-48-20-18-40)22-36(41,33(44)50-35(2,3)4)39-34(45)38-27-14-10-13-26(21-27)32(43)49-23-25-11-6-5-7-12-25/h5-16,21,30-31H,17-20,22-23H2,1-4H3,(H2,38,39,45). The summed E-state index contributed by atoms with van der Waals surface area (Å²) in [5.74, 6) is -3.41. The topological polar surface area (TPSA) is 161 Å². The second-order valence-electron chi connectivity index (χ2n) is 13.2. The van der Waals surface area contributed by atoms with Gasteiger partial charge in [-0.2, -0.15) is 4.31 Å². The summed E-state index contributed by atoms with van der Waals surface area (Å²) < 4.78 is 62.0. The van der Waals surface area contributed by atoms with Crippen LogP contribution in [0.4, 0.5) is 14.9 Å². The maximum absolute atomic E-state index is 15.6. The molecule has 3 atom stereocenters. The minimum absolute atomic E-state index is 0.000369. The molecule has 15 heteroatoms. The fourth-order valence-corrected chi connectivity index (χ4v) is 8.36. The van der Waals surface area contributed by atoms with E-state index in [0.717, 1.165) is 23.5 Å².